The molecule has 0 radical (unpaired) electrons. The van der Waals surface area contributed by atoms with Crippen molar-refractivity contribution in [1.82, 2.24) is 0 Å². The van der Waals surface area contributed by atoms with E-state index in [1.165, 1.54) is 18.4 Å². The average molecular weight is 304 g/mol. The molecule has 6 heteroatoms. The molecule has 0 unspecified atom stereocenters. The predicted molar refractivity (Wildman–Crippen MR) is 83.6 cm³/mol. The van der Waals surface area contributed by atoms with Crippen LogP contribution in [0, 0.1) is 6.92 Å². The van der Waals surface area contributed by atoms with Gasteiger partial charge in [0.15, 0.2) is 0 Å². The van der Waals surface area contributed by atoms with E-state index in [0.717, 1.165) is 11.1 Å². The van der Waals surface area contributed by atoms with Crippen LogP contribution >= 0.6 is 11.3 Å². The third-order valence-electron chi connectivity index (χ3n) is 2.95. The molecule has 0 spiro atoms. The normalized spacial score (nSPS) is 10.2. The highest BCUT2D eigenvalue weighted by Crippen LogP contribution is 2.28. The number of ether oxygens (including phenoxy) is 1. The third-order valence-corrected chi connectivity index (χ3v) is 4.03. The number of amides is 1. The van der Waals surface area contributed by atoms with E-state index >= 15 is 0 Å². The van der Waals surface area contributed by atoms with Gasteiger partial charge in [-0.2, -0.15) is 0 Å². The van der Waals surface area contributed by atoms with Gasteiger partial charge in [0.2, 0.25) is 5.91 Å². The van der Waals surface area contributed by atoms with Gasteiger partial charge in [-0.15, -0.1) is 11.3 Å². The molecule has 5 nitrogen and oxygen atoms in total. The second-order valence-electron chi connectivity index (χ2n) is 4.58. The molecular formula is C15H16N2O3S. The Morgan fingerprint density at radius 1 is 1.29 bits per heavy atom. The fraction of sp³-hybridized carbons (Fsp3) is 0.200. The summed E-state index contributed by atoms with van der Waals surface area (Å²) in [7, 11) is 1.32. The highest BCUT2D eigenvalue weighted by Gasteiger charge is 2.18. The van der Waals surface area contributed by atoms with Gasteiger partial charge in [0.1, 0.15) is 4.88 Å². The summed E-state index contributed by atoms with van der Waals surface area (Å²) in [4.78, 5) is 24.1. The third kappa shape index (κ3) is 3.61. The quantitative estimate of drug-likeness (QED) is 0.672. The lowest BCUT2D eigenvalue weighted by Crippen LogP contribution is -2.16. The van der Waals surface area contributed by atoms with Crippen molar-refractivity contribution in [3.63, 3.8) is 0 Å². The molecule has 1 aromatic carbocycles. The molecule has 110 valence electrons. The maximum atomic E-state index is 12.1. The minimum atomic E-state index is -0.448. The molecule has 2 rings (SSSR count). The minimum absolute atomic E-state index is 0.188. The van der Waals surface area contributed by atoms with Crippen LogP contribution in [0.3, 0.4) is 0 Å². The number of nitrogens with one attached hydrogen (secondary N) is 1. The highest BCUT2D eigenvalue weighted by molar-refractivity contribution is 7.12. The molecule has 0 fully saturated rings. The Labute approximate surface area is 126 Å². The van der Waals surface area contributed by atoms with Crippen molar-refractivity contribution in [2.24, 2.45) is 0 Å². The Kier molecular flexibility index (Phi) is 4.59. The summed E-state index contributed by atoms with van der Waals surface area (Å²) in [5.41, 5.74) is 8.47. The first-order valence-corrected chi connectivity index (χ1v) is 7.20. The molecule has 0 aliphatic carbocycles. The fourth-order valence-corrected chi connectivity index (χ4v) is 2.77. The summed E-state index contributed by atoms with van der Waals surface area (Å²) in [5.74, 6) is -0.637. The number of aryl methyl sites for hydroxylation is 1. The number of carbonyl (C=O) groups is 2. The summed E-state index contributed by atoms with van der Waals surface area (Å²) < 4.78 is 4.71. The van der Waals surface area contributed by atoms with Crippen molar-refractivity contribution >= 4 is 34.6 Å². The summed E-state index contributed by atoms with van der Waals surface area (Å²) in [6.07, 6.45) is 0.218. The van der Waals surface area contributed by atoms with E-state index in [-0.39, 0.29) is 12.3 Å². The van der Waals surface area contributed by atoms with E-state index < -0.39 is 5.97 Å². The van der Waals surface area contributed by atoms with Crippen LogP contribution < -0.4 is 11.1 Å². The molecule has 2 aromatic rings. The smallest absolute Gasteiger partial charge is 0.350 e. The summed E-state index contributed by atoms with van der Waals surface area (Å²) in [5, 5.41) is 4.59. The number of hydrogen-bond donors (Lipinski definition) is 2. The topological polar surface area (TPSA) is 81.4 Å². The number of anilines is 2. The van der Waals surface area contributed by atoms with Gasteiger partial charge in [-0.25, -0.2) is 4.79 Å². The van der Waals surface area contributed by atoms with Crippen molar-refractivity contribution in [1.29, 1.82) is 0 Å². The summed E-state index contributed by atoms with van der Waals surface area (Å²) in [6.45, 7) is 1.84. The van der Waals surface area contributed by atoms with Crippen molar-refractivity contribution in [3.8, 4) is 0 Å². The van der Waals surface area contributed by atoms with E-state index in [0.29, 0.717) is 16.3 Å². The van der Waals surface area contributed by atoms with Crippen molar-refractivity contribution in [2.45, 2.75) is 13.3 Å². The lowest BCUT2D eigenvalue weighted by Gasteiger charge is -2.07. The van der Waals surface area contributed by atoms with Crippen LogP contribution in [0.1, 0.15) is 20.8 Å². The summed E-state index contributed by atoms with van der Waals surface area (Å²) in [6, 6.07) is 7.10. The van der Waals surface area contributed by atoms with Crippen LogP contribution in [0.25, 0.3) is 0 Å². The fourth-order valence-electron chi connectivity index (χ4n) is 1.85. The number of rotatable bonds is 4. The SMILES string of the molecule is COC(=O)c1scc(C)c1NC(=O)Cc1ccc(N)cc1. The van der Waals surface area contributed by atoms with Crippen LogP contribution in [-0.2, 0) is 16.0 Å². The van der Waals surface area contributed by atoms with Crippen LogP contribution in [-0.4, -0.2) is 19.0 Å². The van der Waals surface area contributed by atoms with Gasteiger partial charge in [0.05, 0.1) is 19.2 Å². The predicted octanol–water partition coefficient (Wildman–Crippen LogP) is 2.61. The number of benzene rings is 1. The molecule has 0 saturated carbocycles. The Balaban J connectivity index is 2.11. The monoisotopic (exact) mass is 304 g/mol. The molecular weight excluding hydrogens is 288 g/mol. The Bertz CT molecular complexity index is 662. The van der Waals surface area contributed by atoms with Crippen molar-refractivity contribution in [3.05, 3.63) is 45.6 Å². The number of nitrogen functional groups attached to an aromatic ring is 1. The van der Waals surface area contributed by atoms with Crippen LogP contribution in [0.15, 0.2) is 29.6 Å². The first-order valence-electron chi connectivity index (χ1n) is 6.32. The molecule has 0 saturated heterocycles. The average Bonchev–Trinajstić information content (AvgIpc) is 2.82. The van der Waals surface area contributed by atoms with Gasteiger partial charge in [-0.3, -0.25) is 4.79 Å². The Hall–Kier alpha value is -2.34. The van der Waals surface area contributed by atoms with E-state index in [4.69, 9.17) is 10.5 Å². The molecule has 0 aliphatic heterocycles. The summed E-state index contributed by atoms with van der Waals surface area (Å²) >= 11 is 1.25. The van der Waals surface area contributed by atoms with E-state index in [1.54, 1.807) is 24.3 Å². The highest BCUT2D eigenvalue weighted by atomic mass is 32.1. The minimum Gasteiger partial charge on any atom is -0.465 e. The number of methoxy groups -OCH3 is 1. The standard InChI is InChI=1S/C15H16N2O3S/c1-9-8-21-14(15(19)20-2)13(9)17-12(18)7-10-3-5-11(16)6-4-10/h3-6,8H,7,16H2,1-2H3,(H,17,18). The van der Waals surface area contributed by atoms with Crippen molar-refractivity contribution in [2.75, 3.05) is 18.2 Å². The van der Waals surface area contributed by atoms with E-state index in [2.05, 4.69) is 5.32 Å². The molecule has 0 aliphatic rings. The second kappa shape index (κ2) is 6.41. The molecule has 21 heavy (non-hydrogen) atoms. The van der Waals surface area contributed by atoms with E-state index in [1.807, 2.05) is 12.3 Å². The maximum absolute atomic E-state index is 12.1. The molecule has 1 aromatic heterocycles. The van der Waals surface area contributed by atoms with Gasteiger partial charge in [-0.1, -0.05) is 12.1 Å². The molecule has 1 heterocycles. The Morgan fingerprint density at radius 3 is 2.57 bits per heavy atom. The molecule has 0 bridgehead atoms. The lowest BCUT2D eigenvalue weighted by molar-refractivity contribution is -0.115. The van der Waals surface area contributed by atoms with Crippen LogP contribution in [0.2, 0.25) is 0 Å². The number of nitrogens with two attached hydrogens (primary N) is 1. The molecule has 1 amide bonds. The number of esters is 1. The van der Waals surface area contributed by atoms with Gasteiger partial charge >= 0.3 is 5.97 Å². The first-order chi connectivity index (χ1) is 10.0. The first kappa shape index (κ1) is 15.1. The molecule has 3 N–H and O–H groups in total. The van der Waals surface area contributed by atoms with E-state index in [9.17, 15) is 9.59 Å². The van der Waals surface area contributed by atoms with Crippen LogP contribution in [0.5, 0.6) is 0 Å². The zero-order valence-electron chi connectivity index (χ0n) is 11.8. The van der Waals surface area contributed by atoms with Gasteiger partial charge in [0.25, 0.3) is 0 Å². The van der Waals surface area contributed by atoms with Crippen LogP contribution in [0.4, 0.5) is 11.4 Å². The second-order valence-corrected chi connectivity index (χ2v) is 5.46. The van der Waals surface area contributed by atoms with Crippen molar-refractivity contribution < 1.29 is 14.3 Å². The van der Waals surface area contributed by atoms with Gasteiger partial charge in [0, 0.05) is 5.69 Å². The number of thiophene rings is 1. The molecule has 0 atom stereocenters. The zero-order chi connectivity index (χ0) is 15.4. The lowest BCUT2D eigenvalue weighted by atomic mass is 10.1. The Morgan fingerprint density at radius 2 is 1.95 bits per heavy atom. The van der Waals surface area contributed by atoms with Gasteiger partial charge < -0.3 is 15.8 Å². The van der Waals surface area contributed by atoms with Gasteiger partial charge in [-0.05, 0) is 35.6 Å². The number of carbonyl (C=O) groups excluding carboxylic acids is 2. The zero-order valence-corrected chi connectivity index (χ0v) is 12.6. The number of hydrogen-bond acceptors (Lipinski definition) is 5. The maximum Gasteiger partial charge on any atom is 0.350 e. The largest absolute Gasteiger partial charge is 0.465 e.